The summed E-state index contributed by atoms with van der Waals surface area (Å²) in [5.74, 6) is 0.427. The second-order valence-corrected chi connectivity index (χ2v) is 8.16. The third-order valence-electron chi connectivity index (χ3n) is 5.20. The summed E-state index contributed by atoms with van der Waals surface area (Å²) in [6.45, 7) is 0.562. The van der Waals surface area contributed by atoms with Gasteiger partial charge in [0.2, 0.25) is 5.91 Å². The van der Waals surface area contributed by atoms with E-state index in [2.05, 4.69) is 0 Å². The van der Waals surface area contributed by atoms with Crippen molar-refractivity contribution in [2.45, 2.75) is 11.4 Å². The highest BCUT2D eigenvalue weighted by Gasteiger charge is 2.59. The molecule has 0 bridgehead atoms. The first-order chi connectivity index (χ1) is 14.0. The summed E-state index contributed by atoms with van der Waals surface area (Å²) in [5.41, 5.74) is 2.09. The van der Waals surface area contributed by atoms with Crippen LogP contribution in [0.25, 0.3) is 0 Å². The molecule has 0 saturated carbocycles. The molecule has 2 aliphatic rings. The van der Waals surface area contributed by atoms with E-state index in [0.29, 0.717) is 34.9 Å². The Bertz CT molecular complexity index is 969. The van der Waals surface area contributed by atoms with Crippen molar-refractivity contribution in [1.82, 2.24) is 4.90 Å². The van der Waals surface area contributed by atoms with E-state index in [4.69, 9.17) is 9.47 Å². The molecule has 2 aliphatic heterocycles. The number of hydrogen-bond donors (Lipinski definition) is 0. The standard InChI is InChI=1S/C21H21FN2O4S/c1-27-13-19(25)24-8-9-29-21(24)17-11-16(28-2)6-7-18(17)23(20(21)26)12-14-4-3-5-15(22)10-14/h3-7,10-11H,8-9,12-13H2,1-2H3/t21-/m0/s1. The van der Waals surface area contributed by atoms with E-state index in [9.17, 15) is 14.0 Å². The molecule has 1 spiro atoms. The second-order valence-electron chi connectivity index (χ2n) is 6.88. The Balaban J connectivity index is 1.81. The Morgan fingerprint density at radius 2 is 2.07 bits per heavy atom. The van der Waals surface area contributed by atoms with Gasteiger partial charge in [-0.05, 0) is 35.9 Å². The molecule has 6 nitrogen and oxygen atoms in total. The van der Waals surface area contributed by atoms with Gasteiger partial charge in [-0.3, -0.25) is 9.59 Å². The Labute approximate surface area is 172 Å². The second kappa shape index (κ2) is 7.68. The van der Waals surface area contributed by atoms with Crippen LogP contribution in [0, 0.1) is 5.82 Å². The van der Waals surface area contributed by atoms with Crippen LogP contribution in [0.4, 0.5) is 10.1 Å². The molecule has 0 radical (unpaired) electrons. The van der Waals surface area contributed by atoms with E-state index in [1.54, 1.807) is 35.1 Å². The Morgan fingerprint density at radius 1 is 1.24 bits per heavy atom. The third-order valence-corrected chi connectivity index (χ3v) is 6.62. The number of halogens is 1. The summed E-state index contributed by atoms with van der Waals surface area (Å²) in [5, 5.41) is 0. The van der Waals surface area contributed by atoms with Crippen LogP contribution in [0.1, 0.15) is 11.1 Å². The molecule has 29 heavy (non-hydrogen) atoms. The summed E-state index contributed by atoms with van der Waals surface area (Å²) in [7, 11) is 3.02. The molecule has 8 heteroatoms. The van der Waals surface area contributed by atoms with Gasteiger partial charge in [0.05, 0.1) is 19.3 Å². The van der Waals surface area contributed by atoms with Crippen LogP contribution in [0.3, 0.4) is 0 Å². The van der Waals surface area contributed by atoms with E-state index in [1.165, 1.54) is 31.0 Å². The van der Waals surface area contributed by atoms with Crippen molar-refractivity contribution in [1.29, 1.82) is 0 Å². The quantitative estimate of drug-likeness (QED) is 0.750. The maximum Gasteiger partial charge on any atom is 0.268 e. The van der Waals surface area contributed by atoms with Crippen LogP contribution < -0.4 is 9.64 Å². The van der Waals surface area contributed by atoms with Gasteiger partial charge < -0.3 is 19.3 Å². The lowest BCUT2D eigenvalue weighted by atomic mass is 10.1. The highest BCUT2D eigenvalue weighted by atomic mass is 32.2. The van der Waals surface area contributed by atoms with Gasteiger partial charge in [-0.2, -0.15) is 0 Å². The van der Waals surface area contributed by atoms with Crippen LogP contribution in [-0.2, 0) is 25.7 Å². The molecular formula is C21H21FN2O4S. The number of rotatable bonds is 5. The summed E-state index contributed by atoms with van der Waals surface area (Å²) in [6.07, 6.45) is 0. The van der Waals surface area contributed by atoms with Gasteiger partial charge in [0.1, 0.15) is 18.2 Å². The van der Waals surface area contributed by atoms with Crippen LogP contribution in [0.15, 0.2) is 42.5 Å². The van der Waals surface area contributed by atoms with Crippen LogP contribution >= 0.6 is 11.8 Å². The summed E-state index contributed by atoms with van der Waals surface area (Å²) in [4.78, 5) is 28.5. The van der Waals surface area contributed by atoms with Gasteiger partial charge in [0, 0.05) is 25.0 Å². The highest BCUT2D eigenvalue weighted by molar-refractivity contribution is 8.01. The molecule has 152 valence electrons. The van der Waals surface area contributed by atoms with Crippen molar-refractivity contribution in [2.75, 3.05) is 38.0 Å². The Hall–Kier alpha value is -2.58. The fourth-order valence-corrected chi connectivity index (χ4v) is 5.42. The lowest BCUT2D eigenvalue weighted by Gasteiger charge is -2.33. The van der Waals surface area contributed by atoms with Gasteiger partial charge in [0.15, 0.2) is 4.87 Å². The zero-order valence-corrected chi connectivity index (χ0v) is 17.0. The summed E-state index contributed by atoms with van der Waals surface area (Å²) in [6, 6.07) is 11.6. The largest absolute Gasteiger partial charge is 0.497 e. The molecule has 0 aromatic heterocycles. The number of thioether (sulfide) groups is 1. The van der Waals surface area contributed by atoms with Crippen molar-refractivity contribution in [3.05, 3.63) is 59.4 Å². The zero-order valence-electron chi connectivity index (χ0n) is 16.2. The minimum absolute atomic E-state index is 0.0984. The van der Waals surface area contributed by atoms with Gasteiger partial charge in [-0.15, -0.1) is 11.8 Å². The van der Waals surface area contributed by atoms with Gasteiger partial charge >= 0.3 is 0 Å². The van der Waals surface area contributed by atoms with Crippen molar-refractivity contribution in [3.63, 3.8) is 0 Å². The summed E-state index contributed by atoms with van der Waals surface area (Å²) >= 11 is 1.43. The molecule has 1 atom stereocenters. The van der Waals surface area contributed by atoms with E-state index in [-0.39, 0.29) is 30.8 Å². The Morgan fingerprint density at radius 3 is 2.79 bits per heavy atom. The third kappa shape index (κ3) is 3.16. The molecule has 2 aromatic rings. The maximum atomic E-state index is 13.7. The van der Waals surface area contributed by atoms with Crippen molar-refractivity contribution in [3.8, 4) is 5.75 Å². The predicted octanol–water partition coefficient (Wildman–Crippen LogP) is 2.76. The first kappa shape index (κ1) is 19.7. The number of methoxy groups -OCH3 is 2. The van der Waals surface area contributed by atoms with E-state index in [0.717, 1.165) is 0 Å². The normalized spacial score (nSPS) is 20.4. The maximum absolute atomic E-state index is 13.7. The fourth-order valence-electron chi connectivity index (χ4n) is 3.95. The van der Waals surface area contributed by atoms with Crippen molar-refractivity contribution in [2.24, 2.45) is 0 Å². The predicted molar refractivity (Wildman–Crippen MR) is 108 cm³/mol. The lowest BCUT2D eigenvalue weighted by Crippen LogP contribution is -2.51. The van der Waals surface area contributed by atoms with E-state index >= 15 is 0 Å². The van der Waals surface area contributed by atoms with Crippen LogP contribution in [-0.4, -0.2) is 49.8 Å². The monoisotopic (exact) mass is 416 g/mol. The molecule has 4 rings (SSSR count). The average Bonchev–Trinajstić information content (AvgIpc) is 3.25. The molecular weight excluding hydrogens is 395 g/mol. The van der Waals surface area contributed by atoms with E-state index in [1.807, 2.05) is 12.1 Å². The lowest BCUT2D eigenvalue weighted by molar-refractivity contribution is -0.143. The molecule has 2 amide bonds. The van der Waals surface area contributed by atoms with Gasteiger partial charge in [0.25, 0.3) is 5.91 Å². The first-order valence-corrected chi connectivity index (χ1v) is 10.2. The Kier molecular flexibility index (Phi) is 5.23. The van der Waals surface area contributed by atoms with Crippen molar-refractivity contribution >= 4 is 29.3 Å². The minimum Gasteiger partial charge on any atom is -0.497 e. The number of ether oxygens (including phenoxy) is 2. The van der Waals surface area contributed by atoms with E-state index < -0.39 is 4.87 Å². The van der Waals surface area contributed by atoms with Gasteiger partial charge in [-0.1, -0.05) is 12.1 Å². The van der Waals surface area contributed by atoms with Crippen molar-refractivity contribution < 1.29 is 23.5 Å². The molecule has 1 saturated heterocycles. The number of benzene rings is 2. The molecule has 0 N–H and O–H groups in total. The molecule has 0 aliphatic carbocycles. The number of fused-ring (bicyclic) bond motifs is 2. The topological polar surface area (TPSA) is 59.1 Å². The smallest absolute Gasteiger partial charge is 0.268 e. The number of hydrogen-bond acceptors (Lipinski definition) is 5. The van der Waals surface area contributed by atoms with Crippen LogP contribution in [0.5, 0.6) is 5.75 Å². The minimum atomic E-state index is -1.16. The SMILES string of the molecule is COCC(=O)N1CCS[C@@]12C(=O)N(Cc1cccc(F)c1)c1ccc(OC)cc12. The number of nitrogens with zero attached hydrogens (tertiary/aromatic N) is 2. The molecule has 2 aromatic carbocycles. The number of carbonyl (C=O) groups is 2. The number of amides is 2. The van der Waals surface area contributed by atoms with Crippen LogP contribution in [0.2, 0.25) is 0 Å². The molecule has 1 fully saturated rings. The number of anilines is 1. The molecule has 2 heterocycles. The highest BCUT2D eigenvalue weighted by Crippen LogP contribution is 2.55. The molecule has 0 unspecified atom stereocenters. The number of carbonyl (C=O) groups excluding carboxylic acids is 2. The van der Waals surface area contributed by atoms with Gasteiger partial charge in [-0.25, -0.2) is 4.39 Å². The average molecular weight is 416 g/mol. The fraction of sp³-hybridized carbons (Fsp3) is 0.333. The first-order valence-electron chi connectivity index (χ1n) is 9.19. The zero-order chi connectivity index (χ0) is 20.6. The summed E-state index contributed by atoms with van der Waals surface area (Å²) < 4.78 is 24.1.